The van der Waals surface area contributed by atoms with Gasteiger partial charge in [0.15, 0.2) is 17.5 Å². The molecule has 2 aromatic rings. The second kappa shape index (κ2) is 10.5. The number of aliphatic imine (C=N–C) groups is 1. The summed E-state index contributed by atoms with van der Waals surface area (Å²) in [5, 5.41) is 11.4. The highest BCUT2D eigenvalue weighted by Gasteiger charge is 2.14. The number of aromatic nitrogens is 2. The van der Waals surface area contributed by atoms with Crippen LogP contribution in [0, 0.1) is 0 Å². The fourth-order valence-electron chi connectivity index (χ4n) is 3.41. The molecule has 1 aliphatic rings. The van der Waals surface area contributed by atoms with Crippen LogP contribution in [-0.4, -0.2) is 36.1 Å². The summed E-state index contributed by atoms with van der Waals surface area (Å²) in [5.74, 6) is 2.44. The van der Waals surface area contributed by atoms with Crippen molar-refractivity contribution in [3.05, 3.63) is 40.7 Å². The molecule has 0 radical (unpaired) electrons. The highest BCUT2D eigenvalue weighted by atomic mass is 127. The summed E-state index contributed by atoms with van der Waals surface area (Å²) in [6.45, 7) is 6.13. The van der Waals surface area contributed by atoms with Crippen LogP contribution in [0.1, 0.15) is 36.4 Å². The molecule has 1 aliphatic heterocycles. The maximum Gasteiger partial charge on any atom is 0.231 e. The summed E-state index contributed by atoms with van der Waals surface area (Å²) < 4.78 is 12.8. The number of hydrogen-bond acceptors (Lipinski definition) is 4. The molecular formula is C20H30IN5O2. The Morgan fingerprint density at radius 3 is 2.68 bits per heavy atom. The van der Waals surface area contributed by atoms with Crippen LogP contribution in [0.4, 0.5) is 0 Å². The van der Waals surface area contributed by atoms with Crippen molar-refractivity contribution in [1.82, 2.24) is 20.4 Å². The molecule has 3 rings (SSSR count). The fraction of sp³-hybridized carbons (Fsp3) is 0.500. The number of benzene rings is 1. The summed E-state index contributed by atoms with van der Waals surface area (Å²) >= 11 is 0. The van der Waals surface area contributed by atoms with Gasteiger partial charge in [0.05, 0.1) is 5.69 Å². The van der Waals surface area contributed by atoms with Crippen LogP contribution in [0.2, 0.25) is 0 Å². The Morgan fingerprint density at radius 1 is 1.18 bits per heavy atom. The number of halogens is 1. The second-order valence-corrected chi connectivity index (χ2v) is 6.49. The van der Waals surface area contributed by atoms with Gasteiger partial charge in [-0.05, 0) is 37.0 Å². The van der Waals surface area contributed by atoms with Crippen molar-refractivity contribution < 1.29 is 9.47 Å². The van der Waals surface area contributed by atoms with E-state index < -0.39 is 0 Å². The van der Waals surface area contributed by atoms with Gasteiger partial charge in [-0.25, -0.2) is 0 Å². The largest absolute Gasteiger partial charge is 0.454 e. The lowest BCUT2D eigenvalue weighted by atomic mass is 10.1. The quantitative estimate of drug-likeness (QED) is 0.349. The minimum Gasteiger partial charge on any atom is -0.454 e. The third-order valence-corrected chi connectivity index (χ3v) is 4.83. The molecule has 1 aromatic heterocycles. The SMILES string of the molecule is CCc1nn(C)c(CC)c1CNC(=NC)NCCc1ccc2c(c1)OCO2.I. The average Bonchev–Trinajstić information content (AvgIpc) is 3.27. The molecule has 0 saturated heterocycles. The number of guanidine groups is 1. The van der Waals surface area contributed by atoms with Gasteiger partial charge < -0.3 is 20.1 Å². The normalized spacial score (nSPS) is 12.6. The van der Waals surface area contributed by atoms with Crippen LogP contribution in [0.25, 0.3) is 0 Å². The first-order chi connectivity index (χ1) is 13.2. The lowest BCUT2D eigenvalue weighted by Gasteiger charge is -2.13. The van der Waals surface area contributed by atoms with Crippen molar-refractivity contribution >= 4 is 29.9 Å². The summed E-state index contributed by atoms with van der Waals surface area (Å²) in [5.41, 5.74) is 4.91. The Kier molecular flexibility index (Phi) is 8.40. The smallest absolute Gasteiger partial charge is 0.231 e. The molecule has 0 bridgehead atoms. The van der Waals surface area contributed by atoms with Crippen molar-refractivity contribution in [1.29, 1.82) is 0 Å². The van der Waals surface area contributed by atoms with Crippen molar-refractivity contribution in [3.63, 3.8) is 0 Å². The van der Waals surface area contributed by atoms with Gasteiger partial charge >= 0.3 is 0 Å². The van der Waals surface area contributed by atoms with Gasteiger partial charge in [0.1, 0.15) is 0 Å². The van der Waals surface area contributed by atoms with E-state index in [-0.39, 0.29) is 24.0 Å². The van der Waals surface area contributed by atoms with Crippen molar-refractivity contribution in [2.45, 2.75) is 39.7 Å². The molecule has 0 spiro atoms. The Morgan fingerprint density at radius 2 is 1.96 bits per heavy atom. The van der Waals surface area contributed by atoms with Crippen molar-refractivity contribution in [3.8, 4) is 11.5 Å². The number of nitrogens with one attached hydrogen (secondary N) is 2. The zero-order chi connectivity index (χ0) is 19.2. The Bertz CT molecular complexity index is 819. The minimum atomic E-state index is 0. The van der Waals surface area contributed by atoms with Crippen molar-refractivity contribution in [2.24, 2.45) is 12.0 Å². The van der Waals surface area contributed by atoms with E-state index in [2.05, 4.69) is 40.6 Å². The van der Waals surface area contributed by atoms with Crippen LogP contribution in [0.5, 0.6) is 11.5 Å². The molecule has 0 unspecified atom stereocenters. The molecule has 0 fully saturated rings. The maximum atomic E-state index is 5.43. The summed E-state index contributed by atoms with van der Waals surface area (Å²) in [4.78, 5) is 4.33. The molecule has 0 aliphatic carbocycles. The first kappa shape index (κ1) is 22.3. The standard InChI is InChI=1S/C20H29N5O2.HI/c1-5-16-15(17(6-2)25(4)24-16)12-23-20(21-3)22-10-9-14-7-8-18-19(11-14)27-13-26-18;/h7-8,11H,5-6,9-10,12-13H2,1-4H3,(H2,21,22,23);1H. The van der Waals surface area contributed by atoms with Gasteiger partial charge in [-0.2, -0.15) is 5.10 Å². The van der Waals surface area contributed by atoms with Crippen LogP contribution in [-0.2, 0) is 32.9 Å². The Balaban J connectivity index is 0.00000280. The van der Waals surface area contributed by atoms with Crippen LogP contribution in [0.3, 0.4) is 0 Å². The molecule has 28 heavy (non-hydrogen) atoms. The lowest BCUT2D eigenvalue weighted by Crippen LogP contribution is -2.38. The first-order valence-corrected chi connectivity index (χ1v) is 9.52. The average molecular weight is 499 g/mol. The highest BCUT2D eigenvalue weighted by molar-refractivity contribution is 14.0. The van der Waals surface area contributed by atoms with Crippen LogP contribution in [0.15, 0.2) is 23.2 Å². The number of hydrogen-bond donors (Lipinski definition) is 2. The molecule has 0 saturated carbocycles. The Hall–Kier alpha value is -1.97. The summed E-state index contributed by atoms with van der Waals surface area (Å²) in [6.07, 6.45) is 2.78. The minimum absolute atomic E-state index is 0. The fourth-order valence-corrected chi connectivity index (χ4v) is 3.41. The number of fused-ring (bicyclic) bond motifs is 1. The Labute approximate surface area is 183 Å². The van der Waals surface area contributed by atoms with E-state index in [4.69, 9.17) is 9.47 Å². The topological polar surface area (TPSA) is 72.7 Å². The van der Waals surface area contributed by atoms with E-state index in [0.29, 0.717) is 6.79 Å². The van der Waals surface area contributed by atoms with E-state index in [9.17, 15) is 0 Å². The van der Waals surface area contributed by atoms with Gasteiger partial charge in [-0.15, -0.1) is 24.0 Å². The number of ether oxygens (including phenoxy) is 2. The molecule has 7 nitrogen and oxygen atoms in total. The van der Waals surface area contributed by atoms with E-state index in [0.717, 1.165) is 55.5 Å². The van der Waals surface area contributed by atoms with Gasteiger partial charge in [0, 0.05) is 38.4 Å². The third kappa shape index (κ3) is 5.09. The number of aryl methyl sites for hydroxylation is 2. The molecule has 0 atom stereocenters. The molecule has 0 amide bonds. The van der Waals surface area contributed by atoms with Gasteiger partial charge in [0.2, 0.25) is 6.79 Å². The van der Waals surface area contributed by atoms with Gasteiger partial charge in [-0.1, -0.05) is 19.9 Å². The third-order valence-electron chi connectivity index (χ3n) is 4.83. The predicted molar refractivity (Wildman–Crippen MR) is 122 cm³/mol. The molecule has 1 aromatic carbocycles. The molecular weight excluding hydrogens is 469 g/mol. The van der Waals surface area contributed by atoms with E-state index in [1.807, 2.05) is 23.9 Å². The van der Waals surface area contributed by atoms with E-state index >= 15 is 0 Å². The number of nitrogens with zero attached hydrogens (tertiary/aromatic N) is 3. The van der Waals surface area contributed by atoms with Crippen LogP contribution >= 0.6 is 24.0 Å². The second-order valence-electron chi connectivity index (χ2n) is 6.49. The molecule has 2 N–H and O–H groups in total. The number of rotatable bonds is 7. The summed E-state index contributed by atoms with van der Waals surface area (Å²) in [6, 6.07) is 6.07. The van der Waals surface area contributed by atoms with Crippen LogP contribution < -0.4 is 20.1 Å². The molecule has 154 valence electrons. The highest BCUT2D eigenvalue weighted by Crippen LogP contribution is 2.32. The zero-order valence-electron chi connectivity index (χ0n) is 17.0. The zero-order valence-corrected chi connectivity index (χ0v) is 19.4. The monoisotopic (exact) mass is 499 g/mol. The predicted octanol–water partition coefficient (Wildman–Crippen LogP) is 2.80. The van der Waals surface area contributed by atoms with Gasteiger partial charge in [-0.3, -0.25) is 9.67 Å². The first-order valence-electron chi connectivity index (χ1n) is 9.52. The molecule has 2 heterocycles. The molecule has 8 heteroatoms. The van der Waals surface area contributed by atoms with Gasteiger partial charge in [0.25, 0.3) is 0 Å². The maximum absolute atomic E-state index is 5.43. The van der Waals surface area contributed by atoms with Crippen molar-refractivity contribution in [2.75, 3.05) is 20.4 Å². The summed E-state index contributed by atoms with van der Waals surface area (Å²) in [7, 11) is 3.81. The van der Waals surface area contributed by atoms with E-state index in [1.165, 1.54) is 16.8 Å². The van der Waals surface area contributed by atoms with E-state index in [1.54, 1.807) is 7.05 Å². The lowest BCUT2D eigenvalue weighted by molar-refractivity contribution is 0.174.